The molecule has 2 atom stereocenters. The maximum Gasteiger partial charge on any atom is 0.407 e. The fourth-order valence-electron chi connectivity index (χ4n) is 2.22. The SMILES string of the molecule is O=C(NC1CCNCC1CO)OCc1ccccc1. The summed E-state index contributed by atoms with van der Waals surface area (Å²) < 4.78 is 5.17. The van der Waals surface area contributed by atoms with Crippen LogP contribution in [0, 0.1) is 5.92 Å². The maximum atomic E-state index is 11.7. The van der Waals surface area contributed by atoms with Crippen LogP contribution in [0.1, 0.15) is 12.0 Å². The van der Waals surface area contributed by atoms with Crippen LogP contribution in [0.5, 0.6) is 0 Å². The Bertz CT molecular complexity index is 397. The summed E-state index contributed by atoms with van der Waals surface area (Å²) in [6, 6.07) is 9.54. The van der Waals surface area contributed by atoms with E-state index in [-0.39, 0.29) is 25.2 Å². The van der Waals surface area contributed by atoms with Gasteiger partial charge in [-0.1, -0.05) is 30.3 Å². The molecule has 19 heavy (non-hydrogen) atoms. The Morgan fingerprint density at radius 2 is 2.21 bits per heavy atom. The topological polar surface area (TPSA) is 70.6 Å². The fourth-order valence-corrected chi connectivity index (χ4v) is 2.22. The van der Waals surface area contributed by atoms with Crippen molar-refractivity contribution in [2.75, 3.05) is 19.7 Å². The summed E-state index contributed by atoms with van der Waals surface area (Å²) in [5.74, 6) is 0.0537. The second-order valence-corrected chi connectivity index (χ2v) is 4.75. The predicted octanol–water partition coefficient (Wildman–Crippen LogP) is 0.883. The summed E-state index contributed by atoms with van der Waals surface area (Å²) in [7, 11) is 0. The first-order valence-corrected chi connectivity index (χ1v) is 6.58. The summed E-state index contributed by atoms with van der Waals surface area (Å²) in [5, 5.41) is 15.3. The third kappa shape index (κ3) is 4.22. The number of alkyl carbamates (subject to hydrolysis) is 1. The molecule has 1 saturated heterocycles. The number of benzene rings is 1. The highest BCUT2D eigenvalue weighted by Crippen LogP contribution is 2.11. The van der Waals surface area contributed by atoms with Crippen molar-refractivity contribution in [2.45, 2.75) is 19.1 Å². The molecule has 1 aromatic rings. The molecule has 0 bridgehead atoms. The molecule has 1 aromatic carbocycles. The van der Waals surface area contributed by atoms with Crippen LogP contribution in [0.15, 0.2) is 30.3 Å². The summed E-state index contributed by atoms with van der Waals surface area (Å²) >= 11 is 0. The molecule has 5 heteroatoms. The molecule has 1 aliphatic rings. The van der Waals surface area contributed by atoms with Gasteiger partial charge in [0.15, 0.2) is 0 Å². The molecular weight excluding hydrogens is 244 g/mol. The van der Waals surface area contributed by atoms with Crippen LogP contribution in [0.3, 0.4) is 0 Å². The molecular formula is C14H20N2O3. The minimum Gasteiger partial charge on any atom is -0.445 e. The molecule has 2 unspecified atom stereocenters. The zero-order valence-electron chi connectivity index (χ0n) is 10.8. The number of aliphatic hydroxyl groups excluding tert-OH is 1. The highest BCUT2D eigenvalue weighted by molar-refractivity contribution is 5.67. The fraction of sp³-hybridized carbons (Fsp3) is 0.500. The number of rotatable bonds is 4. The minimum atomic E-state index is -0.422. The van der Waals surface area contributed by atoms with Gasteiger partial charge in [0.05, 0.1) is 0 Å². The van der Waals surface area contributed by atoms with E-state index in [4.69, 9.17) is 4.74 Å². The molecule has 2 rings (SSSR count). The van der Waals surface area contributed by atoms with Crippen molar-refractivity contribution in [2.24, 2.45) is 5.92 Å². The first kappa shape index (κ1) is 13.8. The van der Waals surface area contributed by atoms with Crippen molar-refractivity contribution in [1.29, 1.82) is 0 Å². The van der Waals surface area contributed by atoms with Gasteiger partial charge in [0.2, 0.25) is 0 Å². The van der Waals surface area contributed by atoms with Crippen molar-refractivity contribution in [3.8, 4) is 0 Å². The Hall–Kier alpha value is -1.59. The molecule has 104 valence electrons. The summed E-state index contributed by atoms with van der Waals surface area (Å²) in [4.78, 5) is 11.7. The average molecular weight is 264 g/mol. The van der Waals surface area contributed by atoms with Crippen LogP contribution in [0.25, 0.3) is 0 Å². The largest absolute Gasteiger partial charge is 0.445 e. The number of carbonyl (C=O) groups is 1. The van der Waals surface area contributed by atoms with E-state index in [2.05, 4.69) is 10.6 Å². The predicted molar refractivity (Wildman–Crippen MR) is 71.6 cm³/mol. The van der Waals surface area contributed by atoms with Crippen molar-refractivity contribution in [3.63, 3.8) is 0 Å². The lowest BCUT2D eigenvalue weighted by Gasteiger charge is -2.31. The maximum absolute atomic E-state index is 11.7. The van der Waals surface area contributed by atoms with Gasteiger partial charge in [-0.05, 0) is 18.5 Å². The van der Waals surface area contributed by atoms with Gasteiger partial charge in [-0.25, -0.2) is 4.79 Å². The van der Waals surface area contributed by atoms with Crippen LogP contribution in [-0.2, 0) is 11.3 Å². The van der Waals surface area contributed by atoms with Crippen molar-refractivity contribution in [1.82, 2.24) is 10.6 Å². The van der Waals surface area contributed by atoms with E-state index in [9.17, 15) is 9.90 Å². The van der Waals surface area contributed by atoms with Crippen molar-refractivity contribution in [3.05, 3.63) is 35.9 Å². The van der Waals surface area contributed by atoms with Gasteiger partial charge in [0.25, 0.3) is 0 Å². The number of nitrogens with one attached hydrogen (secondary N) is 2. The van der Waals surface area contributed by atoms with E-state index in [1.807, 2.05) is 30.3 Å². The molecule has 0 spiro atoms. The Balaban J connectivity index is 1.77. The number of ether oxygens (including phenoxy) is 1. The van der Waals surface area contributed by atoms with Crippen LogP contribution in [-0.4, -0.2) is 36.9 Å². The molecule has 3 N–H and O–H groups in total. The lowest BCUT2D eigenvalue weighted by Crippen LogP contribution is -2.50. The first-order valence-electron chi connectivity index (χ1n) is 6.58. The van der Waals surface area contributed by atoms with Gasteiger partial charge in [0.1, 0.15) is 6.61 Å². The van der Waals surface area contributed by atoms with E-state index >= 15 is 0 Å². The molecule has 0 radical (unpaired) electrons. The Kier molecular flexibility index (Phi) is 5.18. The second kappa shape index (κ2) is 7.11. The number of amides is 1. The molecule has 1 amide bonds. The molecule has 0 aromatic heterocycles. The highest BCUT2D eigenvalue weighted by Gasteiger charge is 2.26. The summed E-state index contributed by atoms with van der Waals surface area (Å²) in [6.07, 6.45) is 0.389. The second-order valence-electron chi connectivity index (χ2n) is 4.75. The average Bonchev–Trinajstić information content (AvgIpc) is 2.47. The summed E-state index contributed by atoms with van der Waals surface area (Å²) in [5.41, 5.74) is 0.960. The van der Waals surface area contributed by atoms with Crippen LogP contribution < -0.4 is 10.6 Å². The number of hydrogen-bond acceptors (Lipinski definition) is 4. The monoisotopic (exact) mass is 264 g/mol. The van der Waals surface area contributed by atoms with Gasteiger partial charge in [-0.3, -0.25) is 0 Å². The van der Waals surface area contributed by atoms with E-state index in [1.54, 1.807) is 0 Å². The Morgan fingerprint density at radius 1 is 1.42 bits per heavy atom. The molecule has 0 aliphatic carbocycles. The van der Waals surface area contributed by atoms with Crippen LogP contribution >= 0.6 is 0 Å². The lowest BCUT2D eigenvalue weighted by atomic mass is 9.94. The minimum absolute atomic E-state index is 0.0190. The van der Waals surface area contributed by atoms with Crippen molar-refractivity contribution >= 4 is 6.09 Å². The van der Waals surface area contributed by atoms with E-state index in [0.717, 1.165) is 25.1 Å². The molecule has 1 heterocycles. The number of carbonyl (C=O) groups excluding carboxylic acids is 1. The number of hydrogen-bond donors (Lipinski definition) is 3. The van der Waals surface area contributed by atoms with Crippen LogP contribution in [0.2, 0.25) is 0 Å². The Labute approximate surface area is 113 Å². The smallest absolute Gasteiger partial charge is 0.407 e. The number of piperidine rings is 1. The first-order chi connectivity index (χ1) is 9.29. The van der Waals surface area contributed by atoms with E-state index < -0.39 is 6.09 Å². The van der Waals surface area contributed by atoms with Gasteiger partial charge in [-0.2, -0.15) is 0 Å². The third-order valence-electron chi connectivity index (χ3n) is 3.36. The lowest BCUT2D eigenvalue weighted by molar-refractivity contribution is 0.117. The summed E-state index contributed by atoms with van der Waals surface area (Å²) in [6.45, 7) is 1.90. The van der Waals surface area contributed by atoms with Crippen LogP contribution in [0.4, 0.5) is 4.79 Å². The highest BCUT2D eigenvalue weighted by atomic mass is 16.5. The standard InChI is InChI=1S/C14H20N2O3/c17-9-12-8-15-7-6-13(12)16-14(18)19-10-11-4-2-1-3-5-11/h1-5,12-13,15,17H,6-10H2,(H,16,18). The molecule has 5 nitrogen and oxygen atoms in total. The number of aliphatic hydroxyl groups is 1. The normalized spacial score (nSPS) is 22.8. The van der Waals surface area contributed by atoms with Gasteiger partial charge in [-0.15, -0.1) is 0 Å². The van der Waals surface area contributed by atoms with Gasteiger partial charge in [0, 0.05) is 25.1 Å². The quantitative estimate of drug-likeness (QED) is 0.755. The Morgan fingerprint density at radius 3 is 2.95 bits per heavy atom. The molecule has 1 aliphatic heterocycles. The zero-order valence-corrected chi connectivity index (χ0v) is 10.8. The molecule has 0 saturated carbocycles. The zero-order chi connectivity index (χ0) is 13.5. The van der Waals surface area contributed by atoms with Gasteiger partial charge < -0.3 is 20.5 Å². The third-order valence-corrected chi connectivity index (χ3v) is 3.36. The van der Waals surface area contributed by atoms with Gasteiger partial charge >= 0.3 is 6.09 Å². The van der Waals surface area contributed by atoms with Crippen molar-refractivity contribution < 1.29 is 14.6 Å². The van der Waals surface area contributed by atoms with E-state index in [0.29, 0.717) is 0 Å². The van der Waals surface area contributed by atoms with E-state index in [1.165, 1.54) is 0 Å². The molecule has 1 fully saturated rings.